The largest absolute Gasteiger partial charge is 0.508 e. The lowest BCUT2D eigenvalue weighted by Crippen LogP contribution is -1.82. The number of aryl methyl sites for hydroxylation is 1. The van der Waals surface area contributed by atoms with E-state index in [4.69, 9.17) is 0 Å². The maximum atomic E-state index is 9.23. The first-order valence-electron chi connectivity index (χ1n) is 6.22. The Labute approximate surface area is 109 Å². The van der Waals surface area contributed by atoms with Crippen molar-refractivity contribution in [3.63, 3.8) is 0 Å². The van der Waals surface area contributed by atoms with Crippen molar-refractivity contribution in [3.05, 3.63) is 66.2 Å². The molecule has 1 nitrogen and oxygen atoms in total. The van der Waals surface area contributed by atoms with Crippen LogP contribution in [0, 0.1) is 6.92 Å². The van der Waals surface area contributed by atoms with Crippen molar-refractivity contribution >= 4 is 5.76 Å². The minimum Gasteiger partial charge on any atom is -0.508 e. The molecule has 0 saturated heterocycles. The van der Waals surface area contributed by atoms with Crippen LogP contribution in [0.4, 0.5) is 0 Å². The summed E-state index contributed by atoms with van der Waals surface area (Å²) < 4.78 is 0. The normalized spacial score (nSPS) is 9.28. The maximum Gasteiger partial charge on any atom is 0.115 e. The fourth-order valence-corrected chi connectivity index (χ4v) is 1.60. The number of hydrogen-bond donors (Lipinski definition) is 1. The van der Waals surface area contributed by atoms with Gasteiger partial charge in [0.2, 0.25) is 0 Å². The van der Waals surface area contributed by atoms with E-state index in [2.05, 4.69) is 37.8 Å². The molecule has 2 aromatic carbocycles. The topological polar surface area (TPSA) is 20.2 Å². The van der Waals surface area contributed by atoms with Gasteiger partial charge in [-0.05, 0) is 18.1 Å². The highest BCUT2D eigenvalue weighted by Crippen LogP contribution is 2.21. The summed E-state index contributed by atoms with van der Waals surface area (Å²) in [7, 11) is 0. The average Bonchev–Trinajstić information content (AvgIpc) is 2.42. The van der Waals surface area contributed by atoms with Crippen LogP contribution in [0.1, 0.15) is 25.0 Å². The van der Waals surface area contributed by atoms with Crippen LogP contribution in [0.2, 0.25) is 0 Å². The molecule has 0 bridgehead atoms. The van der Waals surface area contributed by atoms with Crippen LogP contribution in [0.25, 0.3) is 16.9 Å². The second kappa shape index (κ2) is 6.65. The third-order valence-electron chi connectivity index (χ3n) is 2.60. The summed E-state index contributed by atoms with van der Waals surface area (Å²) in [5.74, 6) is 0.107. The molecule has 0 aliphatic rings. The quantitative estimate of drug-likeness (QED) is 0.714. The van der Waals surface area contributed by atoms with Gasteiger partial charge >= 0.3 is 0 Å². The summed E-state index contributed by atoms with van der Waals surface area (Å²) >= 11 is 0. The molecule has 0 atom stereocenters. The first kappa shape index (κ1) is 14.0. The highest BCUT2D eigenvalue weighted by molar-refractivity contribution is 5.67. The molecule has 0 spiro atoms. The van der Waals surface area contributed by atoms with Crippen molar-refractivity contribution in [2.75, 3.05) is 0 Å². The zero-order valence-electron chi connectivity index (χ0n) is 11.3. The number of aliphatic hydroxyl groups excluding tert-OH is 1. The van der Waals surface area contributed by atoms with E-state index >= 15 is 0 Å². The fourth-order valence-electron chi connectivity index (χ4n) is 1.60. The van der Waals surface area contributed by atoms with Crippen LogP contribution in [0.15, 0.2) is 55.1 Å². The molecule has 0 aliphatic carbocycles. The molecule has 1 N–H and O–H groups in total. The Kier molecular flexibility index (Phi) is 5.19. The van der Waals surface area contributed by atoms with Crippen LogP contribution in [0.3, 0.4) is 0 Å². The minimum atomic E-state index is 0.107. The molecule has 0 saturated carbocycles. The van der Waals surface area contributed by atoms with Crippen molar-refractivity contribution in [1.82, 2.24) is 0 Å². The first-order valence-corrected chi connectivity index (χ1v) is 6.22. The first-order chi connectivity index (χ1) is 8.66. The Morgan fingerprint density at radius 1 is 0.833 bits per heavy atom. The third-order valence-corrected chi connectivity index (χ3v) is 2.60. The molecule has 94 valence electrons. The summed E-state index contributed by atoms with van der Waals surface area (Å²) in [4.78, 5) is 0. The van der Waals surface area contributed by atoms with Gasteiger partial charge in [-0.1, -0.05) is 74.5 Å². The third kappa shape index (κ3) is 3.49. The van der Waals surface area contributed by atoms with Crippen molar-refractivity contribution in [3.8, 4) is 11.1 Å². The lowest BCUT2D eigenvalue weighted by molar-refractivity contribution is 0.514. The number of benzene rings is 2. The lowest BCUT2D eigenvalue weighted by atomic mass is 10.0. The van der Waals surface area contributed by atoms with Gasteiger partial charge in [0.15, 0.2) is 0 Å². The molecule has 18 heavy (non-hydrogen) atoms. The van der Waals surface area contributed by atoms with Gasteiger partial charge in [-0.3, -0.25) is 0 Å². The highest BCUT2D eigenvalue weighted by atomic mass is 16.3. The summed E-state index contributed by atoms with van der Waals surface area (Å²) in [5, 5.41) is 9.23. The molecule has 0 aromatic heterocycles. The second-order valence-corrected chi connectivity index (χ2v) is 3.89. The predicted molar refractivity (Wildman–Crippen MR) is 79.6 cm³/mol. The molecule has 2 aromatic rings. The van der Waals surface area contributed by atoms with Crippen LogP contribution < -0.4 is 0 Å². The average molecular weight is 240 g/mol. The number of hydrogen-bond acceptors (Lipinski definition) is 1. The van der Waals surface area contributed by atoms with E-state index in [1.54, 1.807) is 0 Å². The van der Waals surface area contributed by atoms with E-state index in [1.807, 2.05) is 38.1 Å². The van der Waals surface area contributed by atoms with Crippen LogP contribution in [0.5, 0.6) is 0 Å². The van der Waals surface area contributed by atoms with Gasteiger partial charge in [-0.2, -0.15) is 0 Å². The van der Waals surface area contributed by atoms with Crippen molar-refractivity contribution in [2.45, 2.75) is 20.8 Å². The molecule has 0 radical (unpaired) electrons. The molecule has 1 heteroatoms. The second-order valence-electron chi connectivity index (χ2n) is 3.89. The van der Waals surface area contributed by atoms with E-state index in [0.717, 1.165) is 11.1 Å². The van der Waals surface area contributed by atoms with Gasteiger partial charge in [-0.25, -0.2) is 0 Å². The van der Waals surface area contributed by atoms with Gasteiger partial charge in [0, 0.05) is 5.56 Å². The van der Waals surface area contributed by atoms with Gasteiger partial charge in [-0.15, -0.1) is 0 Å². The van der Waals surface area contributed by atoms with E-state index in [1.165, 1.54) is 11.1 Å². The summed E-state index contributed by atoms with van der Waals surface area (Å²) in [6.07, 6.45) is 0. The summed E-state index contributed by atoms with van der Waals surface area (Å²) in [5.41, 5.74) is 4.34. The van der Waals surface area contributed by atoms with Crippen molar-refractivity contribution in [2.24, 2.45) is 0 Å². The highest BCUT2D eigenvalue weighted by Gasteiger charge is 1.99. The Balaban J connectivity index is 0.000000771. The van der Waals surface area contributed by atoms with Crippen LogP contribution in [-0.4, -0.2) is 5.11 Å². The van der Waals surface area contributed by atoms with E-state index < -0.39 is 0 Å². The van der Waals surface area contributed by atoms with Crippen molar-refractivity contribution < 1.29 is 5.11 Å². The Morgan fingerprint density at radius 2 is 1.22 bits per heavy atom. The Morgan fingerprint density at radius 3 is 1.61 bits per heavy atom. The SMILES string of the molecule is C=C(O)c1ccc(-c2ccc(C)cc2)cc1.CC. The Bertz CT molecular complexity index is 492. The lowest BCUT2D eigenvalue weighted by Gasteiger charge is -2.04. The maximum absolute atomic E-state index is 9.23. The van der Waals surface area contributed by atoms with E-state index in [-0.39, 0.29) is 5.76 Å². The van der Waals surface area contributed by atoms with Gasteiger partial charge in [0.05, 0.1) is 0 Å². The molecule has 0 amide bonds. The molecular weight excluding hydrogens is 220 g/mol. The summed E-state index contributed by atoms with van der Waals surface area (Å²) in [6, 6.07) is 16.1. The van der Waals surface area contributed by atoms with Crippen LogP contribution in [-0.2, 0) is 0 Å². The predicted octanol–water partition coefficient (Wildman–Crippen LogP) is 5.22. The molecule has 0 fully saturated rings. The molecule has 0 heterocycles. The molecule has 0 aliphatic heterocycles. The van der Waals surface area contributed by atoms with Gasteiger partial charge in [0.1, 0.15) is 5.76 Å². The monoisotopic (exact) mass is 240 g/mol. The molecular formula is C17H20O. The number of aliphatic hydroxyl groups is 1. The Hall–Kier alpha value is -2.02. The van der Waals surface area contributed by atoms with Crippen LogP contribution >= 0.6 is 0 Å². The zero-order chi connectivity index (χ0) is 13.5. The fraction of sp³-hybridized carbons (Fsp3) is 0.176. The molecule has 0 unspecified atom stereocenters. The standard InChI is InChI=1S/C15H14O.C2H6/c1-11-3-5-14(6-4-11)15-9-7-13(8-10-15)12(2)16;1-2/h3-10,16H,2H2,1H3;1-2H3. The van der Waals surface area contributed by atoms with E-state index in [0.29, 0.717) is 0 Å². The minimum absolute atomic E-state index is 0.107. The molecule has 2 rings (SSSR count). The number of rotatable bonds is 2. The van der Waals surface area contributed by atoms with Gasteiger partial charge < -0.3 is 5.11 Å². The zero-order valence-corrected chi connectivity index (χ0v) is 11.3. The summed E-state index contributed by atoms with van der Waals surface area (Å²) in [6.45, 7) is 9.57. The van der Waals surface area contributed by atoms with Gasteiger partial charge in [0.25, 0.3) is 0 Å². The smallest absolute Gasteiger partial charge is 0.115 e. The van der Waals surface area contributed by atoms with E-state index in [9.17, 15) is 5.11 Å². The van der Waals surface area contributed by atoms with Crippen molar-refractivity contribution in [1.29, 1.82) is 0 Å².